The molecule has 1 aliphatic rings. The molecule has 0 saturated carbocycles. The molecule has 2 amide bonds. The van der Waals surface area contributed by atoms with Crippen LogP contribution in [-0.2, 0) is 9.53 Å². The Labute approximate surface area is 167 Å². The van der Waals surface area contributed by atoms with Gasteiger partial charge in [0.25, 0.3) is 5.69 Å². The Bertz CT molecular complexity index is 985. The summed E-state index contributed by atoms with van der Waals surface area (Å²) < 4.78 is 5.40. The number of esters is 1. The number of carbonyl (C=O) groups is 2. The van der Waals surface area contributed by atoms with Gasteiger partial charge in [0.1, 0.15) is 0 Å². The van der Waals surface area contributed by atoms with Gasteiger partial charge in [0.15, 0.2) is 0 Å². The molecule has 1 atom stereocenters. The average Bonchev–Trinajstić information content (AvgIpc) is 2.67. The highest BCUT2D eigenvalue weighted by molar-refractivity contribution is 6.03. The molecule has 150 valence electrons. The number of benzene rings is 2. The van der Waals surface area contributed by atoms with Crippen molar-refractivity contribution in [3.05, 3.63) is 81.5 Å². The normalized spacial score (nSPS) is 16.6. The number of nitrogens with zero attached hydrogens (tertiary/aromatic N) is 2. The molecule has 0 spiro atoms. The number of hydrogen-bond donors (Lipinski definition) is 1. The summed E-state index contributed by atoms with van der Waals surface area (Å²) >= 11 is 0. The molecule has 29 heavy (non-hydrogen) atoms. The maximum atomic E-state index is 12.9. The van der Waals surface area contributed by atoms with E-state index in [9.17, 15) is 19.7 Å². The largest absolute Gasteiger partial charge is 0.459 e. The number of nitrogens with one attached hydrogen (secondary N) is 1. The van der Waals surface area contributed by atoms with Crippen LogP contribution in [0.15, 0.2) is 65.9 Å². The minimum Gasteiger partial charge on any atom is -0.459 e. The molecule has 2 aromatic rings. The molecule has 1 N–H and O–H groups in total. The van der Waals surface area contributed by atoms with E-state index in [2.05, 4.69) is 5.32 Å². The fraction of sp³-hybridized carbons (Fsp3) is 0.238. The summed E-state index contributed by atoms with van der Waals surface area (Å²) in [4.78, 5) is 37.8. The van der Waals surface area contributed by atoms with Crippen LogP contribution in [0.25, 0.3) is 0 Å². The highest BCUT2D eigenvalue weighted by atomic mass is 16.6. The van der Waals surface area contributed by atoms with Crippen molar-refractivity contribution in [2.24, 2.45) is 0 Å². The van der Waals surface area contributed by atoms with E-state index in [1.807, 2.05) is 6.07 Å². The molecular weight excluding hydrogens is 374 g/mol. The van der Waals surface area contributed by atoms with Crippen molar-refractivity contribution in [3.8, 4) is 0 Å². The summed E-state index contributed by atoms with van der Waals surface area (Å²) in [6.45, 7) is 5.12. The molecule has 8 nitrogen and oxygen atoms in total. The number of carbonyl (C=O) groups excluding carboxylic acids is 2. The molecule has 0 aliphatic carbocycles. The van der Waals surface area contributed by atoms with Gasteiger partial charge in [-0.25, -0.2) is 9.59 Å². The number of nitro benzene ring substituents is 1. The van der Waals surface area contributed by atoms with Crippen LogP contribution in [0.3, 0.4) is 0 Å². The highest BCUT2D eigenvalue weighted by Crippen LogP contribution is 2.35. The smallest absolute Gasteiger partial charge is 0.338 e. The van der Waals surface area contributed by atoms with Gasteiger partial charge >= 0.3 is 12.0 Å². The molecule has 8 heteroatoms. The Morgan fingerprint density at radius 2 is 1.86 bits per heavy atom. The van der Waals surface area contributed by atoms with Gasteiger partial charge in [-0.3, -0.25) is 15.0 Å². The molecule has 0 bridgehead atoms. The van der Waals surface area contributed by atoms with E-state index in [0.29, 0.717) is 16.9 Å². The predicted molar refractivity (Wildman–Crippen MR) is 107 cm³/mol. The fourth-order valence-corrected chi connectivity index (χ4v) is 3.24. The van der Waals surface area contributed by atoms with E-state index in [1.54, 1.807) is 51.1 Å². The third kappa shape index (κ3) is 4.11. The van der Waals surface area contributed by atoms with Crippen LogP contribution in [0, 0.1) is 10.1 Å². The van der Waals surface area contributed by atoms with Crippen LogP contribution in [0.5, 0.6) is 0 Å². The minimum absolute atomic E-state index is 0.128. The second-order valence-electron chi connectivity index (χ2n) is 6.86. The Morgan fingerprint density at radius 3 is 2.48 bits per heavy atom. The van der Waals surface area contributed by atoms with Gasteiger partial charge in [0.05, 0.1) is 28.3 Å². The maximum absolute atomic E-state index is 12.9. The number of rotatable bonds is 5. The van der Waals surface area contributed by atoms with E-state index < -0.39 is 23.0 Å². The molecule has 1 aliphatic heterocycles. The van der Waals surface area contributed by atoms with Gasteiger partial charge in [-0.05, 0) is 38.5 Å². The number of hydrogen-bond acceptors (Lipinski definition) is 5. The zero-order chi connectivity index (χ0) is 21.1. The third-order valence-electron chi connectivity index (χ3n) is 4.48. The zero-order valence-electron chi connectivity index (χ0n) is 16.3. The Kier molecular flexibility index (Phi) is 5.63. The average molecular weight is 395 g/mol. The Hall–Kier alpha value is -3.68. The number of nitro groups is 1. The number of para-hydroxylation sites is 1. The molecule has 0 radical (unpaired) electrons. The van der Waals surface area contributed by atoms with Crippen molar-refractivity contribution in [1.29, 1.82) is 0 Å². The topological polar surface area (TPSA) is 102 Å². The second kappa shape index (κ2) is 8.14. The van der Waals surface area contributed by atoms with Crippen molar-refractivity contribution in [2.45, 2.75) is 32.9 Å². The van der Waals surface area contributed by atoms with Gasteiger partial charge in [-0.15, -0.1) is 0 Å². The van der Waals surface area contributed by atoms with Crippen molar-refractivity contribution in [1.82, 2.24) is 5.32 Å². The van der Waals surface area contributed by atoms with E-state index in [-0.39, 0.29) is 17.4 Å². The van der Waals surface area contributed by atoms with Crippen LogP contribution >= 0.6 is 0 Å². The lowest BCUT2D eigenvalue weighted by Crippen LogP contribution is -2.48. The SMILES string of the molecule is CC1=C(C(=O)OC(C)C)C(c2cccc([N+](=O)[O-])c2)NC(=O)N1c1ccccc1. The highest BCUT2D eigenvalue weighted by Gasteiger charge is 2.37. The standard InChI is InChI=1S/C21H21N3O5/c1-13(2)29-20(25)18-14(3)23(16-9-5-4-6-10-16)21(26)22-19(18)15-8-7-11-17(12-15)24(27)28/h4-13,19H,1-3H3,(H,22,26). The van der Waals surface area contributed by atoms with Gasteiger partial charge < -0.3 is 10.1 Å². The monoisotopic (exact) mass is 395 g/mol. The van der Waals surface area contributed by atoms with Crippen molar-refractivity contribution in [2.75, 3.05) is 4.90 Å². The van der Waals surface area contributed by atoms with Crippen LogP contribution < -0.4 is 10.2 Å². The zero-order valence-corrected chi connectivity index (χ0v) is 16.3. The molecule has 0 aromatic heterocycles. The number of amides is 2. The lowest BCUT2D eigenvalue weighted by Gasteiger charge is -2.35. The number of urea groups is 1. The van der Waals surface area contributed by atoms with E-state index in [1.165, 1.54) is 23.1 Å². The molecular formula is C21H21N3O5. The Morgan fingerprint density at radius 1 is 1.17 bits per heavy atom. The summed E-state index contributed by atoms with van der Waals surface area (Å²) in [5, 5.41) is 14.0. The fourth-order valence-electron chi connectivity index (χ4n) is 3.24. The number of anilines is 1. The summed E-state index contributed by atoms with van der Waals surface area (Å²) in [5.74, 6) is -0.588. The number of allylic oxidation sites excluding steroid dienone is 1. The minimum atomic E-state index is -0.867. The summed E-state index contributed by atoms with van der Waals surface area (Å²) in [6, 6.07) is 13.4. The van der Waals surface area contributed by atoms with Crippen LogP contribution in [0.4, 0.5) is 16.2 Å². The van der Waals surface area contributed by atoms with Crippen molar-refractivity contribution < 1.29 is 19.2 Å². The lowest BCUT2D eigenvalue weighted by atomic mass is 9.94. The molecule has 1 heterocycles. The lowest BCUT2D eigenvalue weighted by molar-refractivity contribution is -0.384. The first kappa shape index (κ1) is 20.1. The van der Waals surface area contributed by atoms with Crippen LogP contribution in [0.2, 0.25) is 0 Å². The van der Waals surface area contributed by atoms with Gasteiger partial charge in [0.2, 0.25) is 0 Å². The summed E-state index contributed by atoms with van der Waals surface area (Å²) in [6.07, 6.45) is -0.364. The molecule has 1 unspecified atom stereocenters. The molecule has 3 rings (SSSR count). The Balaban J connectivity index is 2.14. The van der Waals surface area contributed by atoms with E-state index >= 15 is 0 Å². The predicted octanol–water partition coefficient (Wildman–Crippen LogP) is 4.09. The van der Waals surface area contributed by atoms with Crippen molar-refractivity contribution in [3.63, 3.8) is 0 Å². The first-order valence-corrected chi connectivity index (χ1v) is 9.11. The second-order valence-corrected chi connectivity index (χ2v) is 6.86. The summed E-state index contributed by atoms with van der Waals surface area (Å²) in [7, 11) is 0. The first-order chi connectivity index (χ1) is 13.8. The van der Waals surface area contributed by atoms with Crippen molar-refractivity contribution >= 4 is 23.4 Å². The van der Waals surface area contributed by atoms with E-state index in [0.717, 1.165) is 0 Å². The van der Waals surface area contributed by atoms with Gasteiger partial charge in [-0.1, -0.05) is 30.3 Å². The quantitative estimate of drug-likeness (QED) is 0.467. The molecule has 0 fully saturated rings. The third-order valence-corrected chi connectivity index (χ3v) is 4.48. The molecule has 2 aromatic carbocycles. The van der Waals surface area contributed by atoms with Gasteiger partial charge in [0, 0.05) is 17.8 Å². The molecule has 0 saturated heterocycles. The van der Waals surface area contributed by atoms with Crippen LogP contribution in [0.1, 0.15) is 32.4 Å². The summed E-state index contributed by atoms with van der Waals surface area (Å²) in [5.41, 5.74) is 1.52. The van der Waals surface area contributed by atoms with E-state index in [4.69, 9.17) is 4.74 Å². The van der Waals surface area contributed by atoms with Crippen LogP contribution in [-0.4, -0.2) is 23.0 Å². The number of ether oxygens (including phenoxy) is 1. The first-order valence-electron chi connectivity index (χ1n) is 9.11. The van der Waals surface area contributed by atoms with Gasteiger partial charge in [-0.2, -0.15) is 0 Å². The number of non-ortho nitro benzene ring substituents is 1. The maximum Gasteiger partial charge on any atom is 0.338 e.